The number of methoxy groups -OCH3 is 1. The maximum atomic E-state index is 11.2. The Kier molecular flexibility index (Phi) is 2.84. The van der Waals surface area contributed by atoms with Crippen molar-refractivity contribution in [2.75, 3.05) is 7.11 Å². The second-order valence-electron chi connectivity index (χ2n) is 3.28. The number of ketones is 1. The summed E-state index contributed by atoms with van der Waals surface area (Å²) in [6.45, 7) is 1.55. The van der Waals surface area contributed by atoms with Crippen LogP contribution in [0.3, 0.4) is 0 Å². The molecule has 0 aliphatic heterocycles. The van der Waals surface area contributed by atoms with Gasteiger partial charge in [-0.3, -0.25) is 9.59 Å². The number of carbonyl (C=O) groups is 2. The standard InChI is InChI=1S/C9H14O3/c1-6(10)7-4-3-5-8(7)9(11)12-2/h7-8H,3-5H2,1-2H3/t7?,8-/m0/s1. The molecule has 1 aliphatic carbocycles. The summed E-state index contributed by atoms with van der Waals surface area (Å²) in [5.41, 5.74) is 0. The van der Waals surface area contributed by atoms with Gasteiger partial charge in [-0.15, -0.1) is 0 Å². The minimum Gasteiger partial charge on any atom is -0.469 e. The molecule has 12 heavy (non-hydrogen) atoms. The largest absolute Gasteiger partial charge is 0.469 e. The van der Waals surface area contributed by atoms with Crippen molar-refractivity contribution in [3.8, 4) is 0 Å². The van der Waals surface area contributed by atoms with Crippen LogP contribution >= 0.6 is 0 Å². The van der Waals surface area contributed by atoms with Crippen LogP contribution in [0.5, 0.6) is 0 Å². The van der Waals surface area contributed by atoms with Crippen LogP contribution < -0.4 is 0 Å². The third-order valence-electron chi connectivity index (χ3n) is 2.54. The van der Waals surface area contributed by atoms with Crippen molar-refractivity contribution in [3.05, 3.63) is 0 Å². The third kappa shape index (κ3) is 1.65. The maximum Gasteiger partial charge on any atom is 0.309 e. The van der Waals surface area contributed by atoms with E-state index in [1.807, 2.05) is 0 Å². The van der Waals surface area contributed by atoms with Gasteiger partial charge in [-0.05, 0) is 19.8 Å². The van der Waals surface area contributed by atoms with E-state index in [4.69, 9.17) is 0 Å². The van der Waals surface area contributed by atoms with Crippen LogP contribution in [0.25, 0.3) is 0 Å². The van der Waals surface area contributed by atoms with E-state index in [1.54, 1.807) is 6.92 Å². The van der Waals surface area contributed by atoms with Crippen molar-refractivity contribution >= 4 is 11.8 Å². The molecule has 1 saturated carbocycles. The predicted octanol–water partition coefficient (Wildman–Crippen LogP) is 1.16. The molecule has 68 valence electrons. The van der Waals surface area contributed by atoms with Gasteiger partial charge >= 0.3 is 5.97 Å². The van der Waals surface area contributed by atoms with Crippen molar-refractivity contribution in [2.24, 2.45) is 11.8 Å². The number of hydrogen-bond donors (Lipinski definition) is 0. The Balaban J connectivity index is 2.63. The monoisotopic (exact) mass is 170 g/mol. The van der Waals surface area contributed by atoms with Crippen LogP contribution in [0.1, 0.15) is 26.2 Å². The molecule has 0 radical (unpaired) electrons. The second kappa shape index (κ2) is 3.70. The molecule has 0 aromatic heterocycles. The lowest BCUT2D eigenvalue weighted by Gasteiger charge is -2.13. The number of rotatable bonds is 2. The summed E-state index contributed by atoms with van der Waals surface area (Å²) in [7, 11) is 1.37. The Morgan fingerprint density at radius 3 is 2.33 bits per heavy atom. The summed E-state index contributed by atoms with van der Waals surface area (Å²) in [6.07, 6.45) is 2.61. The normalized spacial score (nSPS) is 28.5. The second-order valence-corrected chi connectivity index (χ2v) is 3.28. The highest BCUT2D eigenvalue weighted by Crippen LogP contribution is 2.32. The highest BCUT2D eigenvalue weighted by molar-refractivity contribution is 5.85. The summed E-state index contributed by atoms with van der Waals surface area (Å²) >= 11 is 0. The number of esters is 1. The van der Waals surface area contributed by atoms with Crippen LogP contribution in [0.4, 0.5) is 0 Å². The summed E-state index contributed by atoms with van der Waals surface area (Å²) in [5, 5.41) is 0. The Morgan fingerprint density at radius 1 is 1.25 bits per heavy atom. The van der Waals surface area contributed by atoms with Crippen LogP contribution in [-0.4, -0.2) is 18.9 Å². The van der Waals surface area contributed by atoms with E-state index in [0.717, 1.165) is 19.3 Å². The zero-order valence-electron chi connectivity index (χ0n) is 7.50. The molecule has 0 saturated heterocycles. The van der Waals surface area contributed by atoms with Gasteiger partial charge in [0.2, 0.25) is 0 Å². The van der Waals surface area contributed by atoms with Crippen molar-refractivity contribution in [3.63, 3.8) is 0 Å². The van der Waals surface area contributed by atoms with Crippen molar-refractivity contribution in [2.45, 2.75) is 26.2 Å². The number of Topliss-reactive ketones (excluding diaryl/α,β-unsaturated/α-hetero) is 1. The molecule has 0 spiro atoms. The Bertz CT molecular complexity index is 198. The van der Waals surface area contributed by atoms with E-state index in [-0.39, 0.29) is 23.6 Å². The fourth-order valence-electron chi connectivity index (χ4n) is 1.88. The van der Waals surface area contributed by atoms with E-state index < -0.39 is 0 Å². The molecule has 1 rings (SSSR count). The lowest BCUT2D eigenvalue weighted by atomic mass is 9.93. The van der Waals surface area contributed by atoms with Gasteiger partial charge in [0.15, 0.2) is 0 Å². The van der Waals surface area contributed by atoms with Gasteiger partial charge in [0, 0.05) is 5.92 Å². The van der Waals surface area contributed by atoms with E-state index >= 15 is 0 Å². The predicted molar refractivity (Wildman–Crippen MR) is 43.5 cm³/mol. The van der Waals surface area contributed by atoms with E-state index in [1.165, 1.54) is 7.11 Å². The first kappa shape index (κ1) is 9.23. The topological polar surface area (TPSA) is 43.4 Å². The fourth-order valence-corrected chi connectivity index (χ4v) is 1.88. The molecule has 0 aromatic rings. The van der Waals surface area contributed by atoms with E-state index in [0.29, 0.717) is 0 Å². The lowest BCUT2D eigenvalue weighted by Crippen LogP contribution is -2.24. The van der Waals surface area contributed by atoms with Gasteiger partial charge in [0.1, 0.15) is 5.78 Å². The molecule has 0 aromatic carbocycles. The van der Waals surface area contributed by atoms with E-state index in [9.17, 15) is 9.59 Å². The minimum absolute atomic E-state index is 0.0857. The summed E-state index contributed by atoms with van der Waals surface area (Å²) in [5.74, 6) is -0.374. The quantitative estimate of drug-likeness (QED) is 0.584. The van der Waals surface area contributed by atoms with Gasteiger partial charge in [0.25, 0.3) is 0 Å². The van der Waals surface area contributed by atoms with Crippen LogP contribution in [0, 0.1) is 11.8 Å². The molecular formula is C9H14O3. The lowest BCUT2D eigenvalue weighted by molar-refractivity contribution is -0.148. The van der Waals surface area contributed by atoms with Gasteiger partial charge < -0.3 is 4.74 Å². The molecule has 0 bridgehead atoms. The minimum atomic E-state index is -0.229. The van der Waals surface area contributed by atoms with Gasteiger partial charge in [0.05, 0.1) is 13.0 Å². The first-order chi connectivity index (χ1) is 5.66. The summed E-state index contributed by atoms with van der Waals surface area (Å²) < 4.78 is 4.62. The van der Waals surface area contributed by atoms with Crippen molar-refractivity contribution in [1.29, 1.82) is 0 Å². The van der Waals surface area contributed by atoms with Crippen LogP contribution in [-0.2, 0) is 14.3 Å². The smallest absolute Gasteiger partial charge is 0.309 e. The Morgan fingerprint density at radius 2 is 1.83 bits per heavy atom. The average Bonchev–Trinajstić information content (AvgIpc) is 2.50. The fraction of sp³-hybridized carbons (Fsp3) is 0.778. The molecule has 0 heterocycles. The third-order valence-corrected chi connectivity index (χ3v) is 2.54. The number of carbonyl (C=O) groups excluding carboxylic acids is 2. The molecule has 2 atom stereocenters. The van der Waals surface area contributed by atoms with Crippen molar-refractivity contribution in [1.82, 2.24) is 0 Å². The average molecular weight is 170 g/mol. The molecule has 3 nitrogen and oxygen atoms in total. The van der Waals surface area contributed by atoms with E-state index in [2.05, 4.69) is 4.74 Å². The highest BCUT2D eigenvalue weighted by atomic mass is 16.5. The zero-order valence-corrected chi connectivity index (χ0v) is 7.50. The Labute approximate surface area is 72.1 Å². The molecule has 1 unspecified atom stereocenters. The summed E-state index contributed by atoms with van der Waals surface area (Å²) in [6, 6.07) is 0. The molecular weight excluding hydrogens is 156 g/mol. The Hall–Kier alpha value is -0.860. The molecule has 1 fully saturated rings. The first-order valence-corrected chi connectivity index (χ1v) is 4.25. The SMILES string of the molecule is COC(=O)[C@H]1CCCC1C(C)=O. The number of ether oxygens (including phenoxy) is 1. The molecule has 1 aliphatic rings. The van der Waals surface area contributed by atoms with Crippen molar-refractivity contribution < 1.29 is 14.3 Å². The molecule has 0 amide bonds. The number of hydrogen-bond acceptors (Lipinski definition) is 3. The highest BCUT2D eigenvalue weighted by Gasteiger charge is 2.36. The summed E-state index contributed by atoms with van der Waals surface area (Å²) in [4.78, 5) is 22.2. The van der Waals surface area contributed by atoms with Gasteiger partial charge in [-0.2, -0.15) is 0 Å². The van der Waals surface area contributed by atoms with Gasteiger partial charge in [-0.25, -0.2) is 0 Å². The maximum absolute atomic E-state index is 11.2. The molecule has 3 heteroatoms. The van der Waals surface area contributed by atoms with Gasteiger partial charge in [-0.1, -0.05) is 6.42 Å². The zero-order chi connectivity index (χ0) is 9.14. The van der Waals surface area contributed by atoms with Crippen LogP contribution in [0.2, 0.25) is 0 Å². The molecule has 0 N–H and O–H groups in total. The van der Waals surface area contributed by atoms with Crippen LogP contribution in [0.15, 0.2) is 0 Å². The first-order valence-electron chi connectivity index (χ1n) is 4.25.